The van der Waals surface area contributed by atoms with Gasteiger partial charge in [-0.3, -0.25) is 0 Å². The van der Waals surface area contributed by atoms with Gasteiger partial charge in [-0.2, -0.15) is 0 Å². The van der Waals surface area contributed by atoms with Gasteiger partial charge in [0.15, 0.2) is 12.4 Å². The normalized spacial score (nSPS) is 10.4. The highest BCUT2D eigenvalue weighted by Crippen LogP contribution is 2.32. The number of carboxylic acids is 1. The van der Waals surface area contributed by atoms with Crippen LogP contribution in [0, 0.1) is 0 Å². The standard InChI is InChI=1S/C10H10N2O4S/c11-4-6-9(7-2-1-3-17-7)16-12-10(6)15-5-8(13)14/h1-3H,4-5,11H2,(H,13,14). The second-order valence-electron chi connectivity index (χ2n) is 3.16. The van der Waals surface area contributed by atoms with Crippen LogP contribution in [0.3, 0.4) is 0 Å². The first kappa shape index (κ1) is 11.6. The topological polar surface area (TPSA) is 98.6 Å². The van der Waals surface area contributed by atoms with Crippen molar-refractivity contribution in [2.24, 2.45) is 5.73 Å². The number of hydrogen-bond donors (Lipinski definition) is 2. The van der Waals surface area contributed by atoms with Crippen LogP contribution in [0.25, 0.3) is 10.6 Å². The Hall–Kier alpha value is -1.86. The van der Waals surface area contributed by atoms with Crippen molar-refractivity contribution in [3.8, 4) is 16.5 Å². The Balaban J connectivity index is 2.27. The molecule has 0 bridgehead atoms. The number of carboxylic acid groups (broad SMARTS) is 1. The number of aliphatic carboxylic acids is 1. The Kier molecular flexibility index (Phi) is 3.40. The summed E-state index contributed by atoms with van der Waals surface area (Å²) in [6, 6.07) is 3.74. The Morgan fingerprint density at radius 2 is 2.47 bits per heavy atom. The third-order valence-corrected chi connectivity index (χ3v) is 2.90. The molecule has 0 radical (unpaired) electrons. The van der Waals surface area contributed by atoms with E-state index in [1.807, 2.05) is 17.5 Å². The highest BCUT2D eigenvalue weighted by molar-refractivity contribution is 7.13. The van der Waals surface area contributed by atoms with E-state index in [2.05, 4.69) is 5.16 Å². The third-order valence-electron chi connectivity index (χ3n) is 2.03. The highest BCUT2D eigenvalue weighted by atomic mass is 32.1. The molecule has 0 aliphatic rings. The van der Waals surface area contributed by atoms with Gasteiger partial charge in [0.25, 0.3) is 5.88 Å². The van der Waals surface area contributed by atoms with E-state index in [1.165, 1.54) is 11.3 Å². The van der Waals surface area contributed by atoms with Crippen LogP contribution in [-0.2, 0) is 11.3 Å². The minimum atomic E-state index is -1.08. The second kappa shape index (κ2) is 4.98. The number of nitrogens with zero attached hydrogens (tertiary/aromatic N) is 1. The van der Waals surface area contributed by atoms with Gasteiger partial charge in [0.1, 0.15) is 0 Å². The van der Waals surface area contributed by atoms with E-state index in [4.69, 9.17) is 20.1 Å². The number of ether oxygens (including phenoxy) is 1. The van der Waals surface area contributed by atoms with Gasteiger partial charge >= 0.3 is 5.97 Å². The molecule has 2 aromatic rings. The van der Waals surface area contributed by atoms with E-state index in [0.717, 1.165) is 4.88 Å². The molecule has 7 heteroatoms. The van der Waals surface area contributed by atoms with Crippen molar-refractivity contribution in [2.45, 2.75) is 6.54 Å². The molecule has 2 heterocycles. The number of aromatic nitrogens is 1. The predicted octanol–water partition coefficient (Wildman–Crippen LogP) is 1.33. The number of nitrogens with two attached hydrogens (primary N) is 1. The van der Waals surface area contributed by atoms with E-state index in [1.54, 1.807) is 0 Å². The molecule has 0 spiro atoms. The van der Waals surface area contributed by atoms with Crippen LogP contribution in [-0.4, -0.2) is 22.8 Å². The van der Waals surface area contributed by atoms with Crippen LogP contribution in [0.15, 0.2) is 22.0 Å². The first-order chi connectivity index (χ1) is 8.22. The molecule has 17 heavy (non-hydrogen) atoms. The molecule has 3 N–H and O–H groups in total. The van der Waals surface area contributed by atoms with E-state index in [0.29, 0.717) is 11.3 Å². The molecule has 0 aromatic carbocycles. The van der Waals surface area contributed by atoms with Crippen molar-refractivity contribution in [1.29, 1.82) is 0 Å². The van der Waals surface area contributed by atoms with Gasteiger partial charge in [0.2, 0.25) is 0 Å². The lowest BCUT2D eigenvalue weighted by Gasteiger charge is -2.00. The number of carbonyl (C=O) groups is 1. The van der Waals surface area contributed by atoms with Gasteiger partial charge in [-0.05, 0) is 16.6 Å². The molecule has 90 valence electrons. The molecule has 0 unspecified atom stereocenters. The fraction of sp³-hybridized carbons (Fsp3) is 0.200. The van der Waals surface area contributed by atoms with Crippen LogP contribution in [0.5, 0.6) is 5.88 Å². The molecule has 6 nitrogen and oxygen atoms in total. The van der Waals surface area contributed by atoms with Gasteiger partial charge < -0.3 is 20.1 Å². The number of hydrogen-bond acceptors (Lipinski definition) is 6. The van der Waals surface area contributed by atoms with Gasteiger partial charge in [-0.1, -0.05) is 6.07 Å². The lowest BCUT2D eigenvalue weighted by atomic mass is 10.2. The Morgan fingerprint density at radius 3 is 3.06 bits per heavy atom. The van der Waals surface area contributed by atoms with Crippen molar-refractivity contribution in [3.63, 3.8) is 0 Å². The van der Waals surface area contributed by atoms with Crippen molar-refractivity contribution in [1.82, 2.24) is 5.16 Å². The van der Waals surface area contributed by atoms with Crippen LogP contribution in [0.4, 0.5) is 0 Å². The fourth-order valence-corrected chi connectivity index (χ4v) is 2.05. The molecule has 0 aliphatic heterocycles. The predicted molar refractivity (Wildman–Crippen MR) is 60.8 cm³/mol. The maximum absolute atomic E-state index is 10.4. The van der Waals surface area contributed by atoms with E-state index < -0.39 is 12.6 Å². The van der Waals surface area contributed by atoms with Crippen LogP contribution < -0.4 is 10.5 Å². The summed E-state index contributed by atoms with van der Waals surface area (Å²) >= 11 is 1.48. The third kappa shape index (κ3) is 2.45. The van der Waals surface area contributed by atoms with Gasteiger partial charge in [0, 0.05) is 6.54 Å². The van der Waals surface area contributed by atoms with Gasteiger partial charge in [-0.15, -0.1) is 11.3 Å². The first-order valence-electron chi connectivity index (χ1n) is 4.79. The summed E-state index contributed by atoms with van der Waals surface area (Å²) in [5.74, 6) is -0.408. The number of rotatable bonds is 5. The summed E-state index contributed by atoms with van der Waals surface area (Å²) in [5, 5.41) is 14.1. The molecule has 0 fully saturated rings. The highest BCUT2D eigenvalue weighted by Gasteiger charge is 2.18. The average Bonchev–Trinajstić information content (AvgIpc) is 2.94. The molecule has 2 aromatic heterocycles. The summed E-state index contributed by atoms with van der Waals surface area (Å²) in [6.45, 7) is -0.297. The molecule has 0 aliphatic carbocycles. The van der Waals surface area contributed by atoms with E-state index in [-0.39, 0.29) is 12.4 Å². The van der Waals surface area contributed by atoms with Crippen LogP contribution in [0.1, 0.15) is 5.56 Å². The summed E-state index contributed by atoms with van der Waals surface area (Å²) in [7, 11) is 0. The monoisotopic (exact) mass is 254 g/mol. The number of thiophene rings is 1. The fourth-order valence-electron chi connectivity index (χ4n) is 1.32. The van der Waals surface area contributed by atoms with Crippen molar-refractivity contribution >= 4 is 17.3 Å². The molecular weight excluding hydrogens is 244 g/mol. The largest absolute Gasteiger partial charge is 0.479 e. The molecule has 0 amide bonds. The minimum absolute atomic E-state index is 0.137. The first-order valence-corrected chi connectivity index (χ1v) is 5.67. The minimum Gasteiger partial charge on any atom is -0.479 e. The quantitative estimate of drug-likeness (QED) is 0.835. The lowest BCUT2D eigenvalue weighted by molar-refractivity contribution is -0.139. The maximum Gasteiger partial charge on any atom is 0.341 e. The second-order valence-corrected chi connectivity index (χ2v) is 4.11. The Labute approximate surface area is 101 Å². The molecule has 0 saturated carbocycles. The SMILES string of the molecule is NCc1c(OCC(=O)O)noc1-c1cccs1. The van der Waals surface area contributed by atoms with Crippen molar-refractivity contribution in [2.75, 3.05) is 6.61 Å². The van der Waals surface area contributed by atoms with Crippen molar-refractivity contribution < 1.29 is 19.2 Å². The summed E-state index contributed by atoms with van der Waals surface area (Å²) in [6.07, 6.45) is 0. The van der Waals surface area contributed by atoms with Crippen molar-refractivity contribution in [3.05, 3.63) is 23.1 Å². The summed E-state index contributed by atoms with van der Waals surface area (Å²) in [4.78, 5) is 11.3. The average molecular weight is 254 g/mol. The van der Waals surface area contributed by atoms with Crippen LogP contribution >= 0.6 is 11.3 Å². The summed E-state index contributed by atoms with van der Waals surface area (Å²) < 4.78 is 10.1. The smallest absolute Gasteiger partial charge is 0.341 e. The van der Waals surface area contributed by atoms with Gasteiger partial charge in [0.05, 0.1) is 10.4 Å². The lowest BCUT2D eigenvalue weighted by Crippen LogP contribution is -2.11. The Bertz CT molecular complexity index is 506. The zero-order valence-corrected chi connectivity index (χ0v) is 9.57. The Morgan fingerprint density at radius 1 is 1.65 bits per heavy atom. The van der Waals surface area contributed by atoms with E-state index >= 15 is 0 Å². The van der Waals surface area contributed by atoms with Gasteiger partial charge in [-0.25, -0.2) is 4.79 Å². The van der Waals surface area contributed by atoms with E-state index in [9.17, 15) is 4.79 Å². The molecule has 0 atom stereocenters. The zero-order valence-electron chi connectivity index (χ0n) is 8.75. The zero-order chi connectivity index (χ0) is 12.3. The molecular formula is C10H10N2O4S. The maximum atomic E-state index is 10.4. The molecule has 2 rings (SSSR count). The molecule has 0 saturated heterocycles. The summed E-state index contributed by atoms with van der Waals surface area (Å²) in [5.41, 5.74) is 6.16. The van der Waals surface area contributed by atoms with Crippen LogP contribution in [0.2, 0.25) is 0 Å².